The van der Waals surface area contributed by atoms with Gasteiger partial charge >= 0.3 is 5.97 Å². The lowest BCUT2D eigenvalue weighted by Gasteiger charge is -2.41. The molecule has 6 N–H and O–H groups in total. The number of hydrogen-bond acceptors (Lipinski definition) is 10. The standard InChI is InChI=1S/C60H105NO10/c1-4-7-10-13-16-19-22-25-26-27-30-32-35-38-41-44-47-53(64)59(68)61-51(52(63)46-43-40-37-34-31-28-23-20-17-14-11-8-5-2)50-69-60-58(57(67)56(66)54(49-62)70-60)71-55(65)48-45-42-39-36-33-29-24-21-18-15-12-9-6-3/h7,10,16,19,25-26,30,32,38,41,43,46,51-54,56-58,60,62-64,66-67H,4-6,8-9,11-15,17-18,20-24,27-29,31,33-37,39-40,42,44-45,47-50H2,1-3H3,(H,61,68)/b10-7-,19-16-,26-25-,32-30-,41-38-,46-43+. The molecule has 1 rings (SSSR count). The van der Waals surface area contributed by atoms with E-state index in [9.17, 15) is 35.1 Å². The van der Waals surface area contributed by atoms with Gasteiger partial charge in [0.05, 0.1) is 25.4 Å². The summed E-state index contributed by atoms with van der Waals surface area (Å²) in [6, 6.07) is -1.05. The Morgan fingerprint density at radius 2 is 1.01 bits per heavy atom. The lowest BCUT2D eigenvalue weighted by atomic mass is 9.99. The quantitative estimate of drug-likeness (QED) is 0.0196. The average Bonchev–Trinajstić information content (AvgIpc) is 3.37. The summed E-state index contributed by atoms with van der Waals surface area (Å²) in [5.41, 5.74) is 0. The Labute approximate surface area is 432 Å². The zero-order valence-corrected chi connectivity index (χ0v) is 45.1. The van der Waals surface area contributed by atoms with Crippen LogP contribution in [0.15, 0.2) is 72.9 Å². The molecule has 1 fully saturated rings. The Balaban J connectivity index is 2.79. The van der Waals surface area contributed by atoms with Gasteiger partial charge in [0, 0.05) is 6.42 Å². The van der Waals surface area contributed by atoms with Gasteiger partial charge in [0.25, 0.3) is 0 Å². The van der Waals surface area contributed by atoms with Gasteiger partial charge < -0.3 is 45.1 Å². The first kappa shape index (κ1) is 66.1. The first-order chi connectivity index (χ1) is 34.7. The molecule has 11 nitrogen and oxygen atoms in total. The molecule has 1 aliphatic heterocycles. The van der Waals surface area contributed by atoms with Crippen LogP contribution >= 0.6 is 0 Å². The SMILES string of the molecule is CC/C=C\C/C=C\C/C=C\C/C=C\C/C=C\CCC(O)C(=O)NC(COC1OC(CO)C(O)C(O)C1OC(=O)CCCCCCCCCCCCCCC)C(O)/C=C/CCCCCCCCCCCCC. The second kappa shape index (κ2) is 48.1. The Hall–Kier alpha value is -2.90. The number of amides is 1. The highest BCUT2D eigenvalue weighted by molar-refractivity contribution is 5.80. The van der Waals surface area contributed by atoms with Crippen molar-refractivity contribution in [1.82, 2.24) is 5.32 Å². The topological polar surface area (TPSA) is 175 Å². The van der Waals surface area contributed by atoms with E-state index in [1.807, 2.05) is 18.2 Å². The summed E-state index contributed by atoms with van der Waals surface area (Å²) >= 11 is 0. The number of nitrogens with one attached hydrogen (secondary N) is 1. The van der Waals surface area contributed by atoms with E-state index in [2.05, 4.69) is 74.7 Å². The summed E-state index contributed by atoms with van der Waals surface area (Å²) in [7, 11) is 0. The highest BCUT2D eigenvalue weighted by Crippen LogP contribution is 2.26. The molecule has 8 unspecified atom stereocenters. The number of allylic oxidation sites excluding steroid dienone is 11. The smallest absolute Gasteiger partial charge is 0.306 e. The third-order valence-corrected chi connectivity index (χ3v) is 13.1. The minimum Gasteiger partial charge on any atom is -0.454 e. The molecule has 0 bridgehead atoms. The van der Waals surface area contributed by atoms with Gasteiger partial charge in [-0.15, -0.1) is 0 Å². The third kappa shape index (κ3) is 36.6. The van der Waals surface area contributed by atoms with Crippen LogP contribution in [-0.4, -0.2) is 99.6 Å². The number of unbranched alkanes of at least 4 members (excludes halogenated alkanes) is 23. The average molecular weight is 1000 g/mol. The summed E-state index contributed by atoms with van der Waals surface area (Å²) in [6.45, 7) is 5.62. The fraction of sp³-hybridized carbons (Fsp3) is 0.767. The molecule has 0 radical (unpaired) electrons. The molecule has 0 saturated carbocycles. The number of aliphatic hydroxyl groups is 5. The molecule has 0 spiro atoms. The van der Waals surface area contributed by atoms with E-state index < -0.39 is 67.4 Å². The van der Waals surface area contributed by atoms with Crippen molar-refractivity contribution in [1.29, 1.82) is 0 Å². The molecule has 0 aromatic rings. The van der Waals surface area contributed by atoms with Crippen molar-refractivity contribution in [3.8, 4) is 0 Å². The van der Waals surface area contributed by atoms with Crippen LogP contribution in [0.2, 0.25) is 0 Å². The molecular weight excluding hydrogens is 895 g/mol. The summed E-state index contributed by atoms with van der Waals surface area (Å²) in [5, 5.41) is 56.7. The lowest BCUT2D eigenvalue weighted by Crippen LogP contribution is -2.61. The van der Waals surface area contributed by atoms with Crippen molar-refractivity contribution in [2.45, 2.75) is 282 Å². The summed E-state index contributed by atoms with van der Waals surface area (Å²) in [6.07, 6.45) is 49.5. The molecule has 0 aromatic carbocycles. The minimum atomic E-state index is -1.62. The van der Waals surface area contributed by atoms with Crippen LogP contribution < -0.4 is 5.32 Å². The predicted octanol–water partition coefficient (Wildman–Crippen LogP) is 12.8. The molecule has 1 saturated heterocycles. The van der Waals surface area contributed by atoms with Crippen LogP contribution in [0.5, 0.6) is 0 Å². The number of ether oxygens (including phenoxy) is 3. The molecule has 410 valence electrons. The van der Waals surface area contributed by atoms with Gasteiger partial charge in [-0.2, -0.15) is 0 Å². The number of rotatable bonds is 47. The minimum absolute atomic E-state index is 0.117. The molecular formula is C60H105NO10. The molecule has 71 heavy (non-hydrogen) atoms. The van der Waals surface area contributed by atoms with Crippen LogP contribution in [-0.2, 0) is 23.8 Å². The normalized spacial score (nSPS) is 20.1. The van der Waals surface area contributed by atoms with E-state index in [-0.39, 0.29) is 19.4 Å². The fourth-order valence-electron chi connectivity index (χ4n) is 8.57. The maximum Gasteiger partial charge on any atom is 0.306 e. The van der Waals surface area contributed by atoms with Crippen molar-refractivity contribution in [2.24, 2.45) is 0 Å². The van der Waals surface area contributed by atoms with Crippen molar-refractivity contribution >= 4 is 11.9 Å². The van der Waals surface area contributed by atoms with Crippen LogP contribution in [0.3, 0.4) is 0 Å². The van der Waals surface area contributed by atoms with Gasteiger partial charge in [0.15, 0.2) is 12.4 Å². The fourth-order valence-corrected chi connectivity index (χ4v) is 8.57. The monoisotopic (exact) mass is 1000 g/mol. The molecule has 0 aliphatic carbocycles. The van der Waals surface area contributed by atoms with E-state index in [1.54, 1.807) is 6.08 Å². The number of carbonyl (C=O) groups is 2. The highest BCUT2D eigenvalue weighted by Gasteiger charge is 2.47. The number of carbonyl (C=O) groups excluding carboxylic acids is 2. The van der Waals surface area contributed by atoms with Gasteiger partial charge in [0.2, 0.25) is 5.91 Å². The highest BCUT2D eigenvalue weighted by atomic mass is 16.7. The van der Waals surface area contributed by atoms with Gasteiger partial charge in [-0.25, -0.2) is 0 Å². The van der Waals surface area contributed by atoms with E-state index >= 15 is 0 Å². The van der Waals surface area contributed by atoms with Crippen molar-refractivity contribution in [3.63, 3.8) is 0 Å². The Morgan fingerprint density at radius 1 is 0.563 bits per heavy atom. The molecule has 1 amide bonds. The van der Waals surface area contributed by atoms with E-state index in [0.29, 0.717) is 12.8 Å². The first-order valence-corrected chi connectivity index (χ1v) is 28.7. The number of esters is 1. The van der Waals surface area contributed by atoms with Crippen molar-refractivity contribution in [3.05, 3.63) is 72.9 Å². The largest absolute Gasteiger partial charge is 0.454 e. The summed E-state index contributed by atoms with van der Waals surface area (Å²) < 4.78 is 17.5. The zero-order valence-electron chi connectivity index (χ0n) is 45.1. The van der Waals surface area contributed by atoms with Gasteiger partial charge in [-0.1, -0.05) is 235 Å². The second-order valence-corrected chi connectivity index (χ2v) is 19.6. The maximum absolute atomic E-state index is 13.4. The van der Waals surface area contributed by atoms with Crippen LogP contribution in [0.25, 0.3) is 0 Å². The summed E-state index contributed by atoms with van der Waals surface area (Å²) in [4.78, 5) is 26.4. The van der Waals surface area contributed by atoms with E-state index in [0.717, 1.165) is 77.0 Å². The third-order valence-electron chi connectivity index (χ3n) is 13.1. The van der Waals surface area contributed by atoms with Gasteiger partial charge in [-0.05, 0) is 64.2 Å². The Morgan fingerprint density at radius 3 is 1.49 bits per heavy atom. The van der Waals surface area contributed by atoms with Crippen molar-refractivity contribution in [2.75, 3.05) is 13.2 Å². The number of hydrogen-bond donors (Lipinski definition) is 6. The van der Waals surface area contributed by atoms with E-state index in [1.165, 1.54) is 109 Å². The molecule has 1 heterocycles. The van der Waals surface area contributed by atoms with Crippen molar-refractivity contribution < 1.29 is 49.3 Å². The Bertz CT molecular complexity index is 1430. The first-order valence-electron chi connectivity index (χ1n) is 28.7. The Kier molecular flexibility index (Phi) is 44.8. The van der Waals surface area contributed by atoms with Gasteiger partial charge in [0.1, 0.15) is 24.4 Å². The second-order valence-electron chi connectivity index (χ2n) is 19.6. The summed E-state index contributed by atoms with van der Waals surface area (Å²) in [5.74, 6) is -1.26. The van der Waals surface area contributed by atoms with Crippen LogP contribution in [0.1, 0.15) is 233 Å². The number of aliphatic hydroxyl groups excluding tert-OH is 5. The van der Waals surface area contributed by atoms with Gasteiger partial charge in [-0.3, -0.25) is 9.59 Å². The molecule has 11 heteroatoms. The maximum atomic E-state index is 13.4. The van der Waals surface area contributed by atoms with Crippen LogP contribution in [0.4, 0.5) is 0 Å². The predicted molar refractivity (Wildman–Crippen MR) is 292 cm³/mol. The zero-order chi connectivity index (χ0) is 51.8. The van der Waals surface area contributed by atoms with E-state index in [4.69, 9.17) is 14.2 Å². The molecule has 0 aromatic heterocycles. The molecule has 1 aliphatic rings. The lowest BCUT2D eigenvalue weighted by molar-refractivity contribution is -0.305. The molecule has 8 atom stereocenters. The van der Waals surface area contributed by atoms with Crippen LogP contribution in [0, 0.1) is 0 Å².